The van der Waals surface area contributed by atoms with E-state index in [9.17, 15) is 14.0 Å². The van der Waals surface area contributed by atoms with Crippen molar-refractivity contribution in [2.75, 3.05) is 11.4 Å². The number of aryl methyl sites for hydroxylation is 2. The highest BCUT2D eigenvalue weighted by molar-refractivity contribution is 9.11. The van der Waals surface area contributed by atoms with Crippen molar-refractivity contribution in [3.63, 3.8) is 0 Å². The predicted octanol–water partition coefficient (Wildman–Crippen LogP) is 5.44. The molecule has 0 atom stereocenters. The second-order valence-corrected chi connectivity index (χ2v) is 10.1. The van der Waals surface area contributed by atoms with Gasteiger partial charge in [0.05, 0.1) is 32.2 Å². The number of thiophene rings is 1. The maximum absolute atomic E-state index is 13.2. The number of benzene rings is 2. The molecular weight excluding hydrogens is 493 g/mol. The van der Waals surface area contributed by atoms with Crippen molar-refractivity contribution in [1.82, 2.24) is 5.32 Å². The maximum atomic E-state index is 13.2. The van der Waals surface area contributed by atoms with Gasteiger partial charge < -0.3 is 10.2 Å². The second kappa shape index (κ2) is 9.34. The van der Waals surface area contributed by atoms with Crippen LogP contribution in [0, 0.1) is 19.7 Å². The van der Waals surface area contributed by atoms with Crippen LogP contribution in [-0.4, -0.2) is 24.1 Å². The number of rotatable bonds is 5. The number of hydrogen-bond acceptors (Lipinski definition) is 4. The molecule has 0 aliphatic carbocycles. The molecule has 164 valence electrons. The zero-order valence-corrected chi connectivity index (χ0v) is 20.0. The van der Waals surface area contributed by atoms with Gasteiger partial charge in [-0.05, 0) is 82.9 Å². The van der Waals surface area contributed by atoms with Crippen LogP contribution in [0.4, 0.5) is 15.8 Å². The lowest BCUT2D eigenvalue weighted by molar-refractivity contribution is -0.123. The lowest BCUT2D eigenvalue weighted by Crippen LogP contribution is -2.41. The van der Waals surface area contributed by atoms with Crippen LogP contribution in [-0.2, 0) is 16.1 Å². The Morgan fingerprint density at radius 3 is 2.56 bits per heavy atom. The van der Waals surface area contributed by atoms with Crippen LogP contribution in [0.25, 0.3) is 0 Å². The number of fused-ring (bicyclic) bond motifs is 1. The third kappa shape index (κ3) is 4.97. The van der Waals surface area contributed by atoms with E-state index in [-0.39, 0.29) is 37.1 Å². The fourth-order valence-electron chi connectivity index (χ4n) is 3.44. The second-order valence-electron chi connectivity index (χ2n) is 7.65. The molecule has 5 nitrogen and oxygen atoms in total. The van der Waals surface area contributed by atoms with Crippen LogP contribution in [0.1, 0.15) is 28.0 Å². The summed E-state index contributed by atoms with van der Waals surface area (Å²) >= 11 is 4.98. The normalized spacial score (nSPS) is 13.4. The van der Waals surface area contributed by atoms with Gasteiger partial charge in [0.1, 0.15) is 12.4 Å². The summed E-state index contributed by atoms with van der Waals surface area (Å²) in [5.74, 6) is -0.813. The summed E-state index contributed by atoms with van der Waals surface area (Å²) in [5, 5.41) is 2.81. The average molecular weight is 514 g/mol. The third-order valence-electron chi connectivity index (χ3n) is 5.32. The standard InChI is InChI=1S/C24H21BrFN3O2S/c1-14-9-18-20(10-15(14)2)29(13-23(30)27-12-16-3-5-17(26)6-4-16)24(31)11-19(28-18)21-7-8-22(25)32-21/h3-10H,11-13H2,1-2H3,(H,27,30). The lowest BCUT2D eigenvalue weighted by Gasteiger charge is -2.23. The van der Waals surface area contributed by atoms with E-state index in [0.29, 0.717) is 17.1 Å². The molecule has 3 aromatic rings. The molecule has 1 aliphatic heterocycles. The predicted molar refractivity (Wildman–Crippen MR) is 129 cm³/mol. The molecule has 0 spiro atoms. The molecule has 1 aliphatic rings. The van der Waals surface area contributed by atoms with E-state index >= 15 is 0 Å². The number of carbonyl (C=O) groups excluding carboxylic acids is 2. The molecule has 0 saturated carbocycles. The fourth-order valence-corrected chi connectivity index (χ4v) is 4.81. The molecule has 0 unspecified atom stereocenters. The van der Waals surface area contributed by atoms with E-state index in [1.54, 1.807) is 12.1 Å². The highest BCUT2D eigenvalue weighted by Crippen LogP contribution is 2.36. The highest BCUT2D eigenvalue weighted by atomic mass is 79.9. The highest BCUT2D eigenvalue weighted by Gasteiger charge is 2.27. The summed E-state index contributed by atoms with van der Waals surface area (Å²) in [6.45, 7) is 4.11. The van der Waals surface area contributed by atoms with Crippen molar-refractivity contribution in [3.05, 3.63) is 79.7 Å². The number of nitrogens with one attached hydrogen (secondary N) is 1. The molecule has 0 fully saturated rings. The molecule has 0 bridgehead atoms. The Balaban J connectivity index is 1.59. The summed E-state index contributed by atoms with van der Waals surface area (Å²) in [6.07, 6.45) is 0.102. The molecule has 2 heterocycles. The number of nitrogens with zero attached hydrogens (tertiary/aromatic N) is 2. The van der Waals surface area contributed by atoms with Crippen molar-refractivity contribution in [3.8, 4) is 0 Å². The van der Waals surface area contributed by atoms with Crippen molar-refractivity contribution in [1.29, 1.82) is 0 Å². The van der Waals surface area contributed by atoms with Gasteiger partial charge in [-0.25, -0.2) is 9.38 Å². The summed E-state index contributed by atoms with van der Waals surface area (Å²) in [4.78, 5) is 33.2. The number of anilines is 1. The van der Waals surface area contributed by atoms with Crippen molar-refractivity contribution < 1.29 is 14.0 Å². The minimum atomic E-state index is -0.328. The molecular formula is C24H21BrFN3O2S. The van der Waals surface area contributed by atoms with E-state index < -0.39 is 0 Å². The number of amides is 2. The Kier molecular flexibility index (Phi) is 6.53. The van der Waals surface area contributed by atoms with Gasteiger partial charge in [-0.2, -0.15) is 0 Å². The smallest absolute Gasteiger partial charge is 0.240 e. The summed E-state index contributed by atoms with van der Waals surface area (Å²) < 4.78 is 14.1. The SMILES string of the molecule is Cc1cc2c(cc1C)N(CC(=O)NCc1ccc(F)cc1)C(=O)CC(c1ccc(Br)s1)=N2. The topological polar surface area (TPSA) is 61.8 Å². The third-order valence-corrected chi connectivity index (χ3v) is 6.99. The number of aliphatic imine (C=N–C) groups is 1. The van der Waals surface area contributed by atoms with Crippen molar-refractivity contribution in [2.45, 2.75) is 26.8 Å². The lowest BCUT2D eigenvalue weighted by atomic mass is 10.1. The first kappa shape index (κ1) is 22.4. The van der Waals surface area contributed by atoms with Gasteiger partial charge in [-0.1, -0.05) is 12.1 Å². The Bertz CT molecular complexity index is 1220. The van der Waals surface area contributed by atoms with E-state index in [1.807, 2.05) is 38.1 Å². The van der Waals surface area contributed by atoms with Gasteiger partial charge in [0.15, 0.2) is 0 Å². The maximum Gasteiger partial charge on any atom is 0.240 e. The molecule has 8 heteroatoms. The minimum absolute atomic E-state index is 0.102. The molecule has 2 aromatic carbocycles. The van der Waals surface area contributed by atoms with E-state index in [4.69, 9.17) is 4.99 Å². The largest absolute Gasteiger partial charge is 0.350 e. The first-order valence-electron chi connectivity index (χ1n) is 10.1. The Morgan fingerprint density at radius 2 is 1.88 bits per heavy atom. The zero-order chi connectivity index (χ0) is 22.8. The van der Waals surface area contributed by atoms with Gasteiger partial charge in [-0.3, -0.25) is 9.59 Å². The van der Waals surface area contributed by atoms with E-state index in [2.05, 4.69) is 21.2 Å². The Labute approximate surface area is 198 Å². The molecule has 32 heavy (non-hydrogen) atoms. The number of halogens is 2. The van der Waals surface area contributed by atoms with Gasteiger partial charge in [0.2, 0.25) is 11.8 Å². The van der Waals surface area contributed by atoms with Crippen molar-refractivity contribution >= 4 is 56.2 Å². The van der Waals surface area contributed by atoms with Gasteiger partial charge in [0.25, 0.3) is 0 Å². The summed E-state index contributed by atoms with van der Waals surface area (Å²) in [6, 6.07) is 13.7. The molecule has 1 N–H and O–H groups in total. The van der Waals surface area contributed by atoms with Crippen LogP contribution < -0.4 is 10.2 Å². The monoisotopic (exact) mass is 513 g/mol. The zero-order valence-electron chi connectivity index (χ0n) is 17.6. The van der Waals surface area contributed by atoms with Crippen LogP contribution >= 0.6 is 27.3 Å². The van der Waals surface area contributed by atoms with Gasteiger partial charge in [0, 0.05) is 6.54 Å². The average Bonchev–Trinajstić information content (AvgIpc) is 3.14. The van der Waals surface area contributed by atoms with E-state index in [0.717, 1.165) is 25.4 Å². The molecule has 0 radical (unpaired) electrons. The molecule has 0 saturated heterocycles. The first-order chi connectivity index (χ1) is 15.3. The number of carbonyl (C=O) groups is 2. The molecule has 1 aromatic heterocycles. The molecule has 4 rings (SSSR count). The van der Waals surface area contributed by atoms with E-state index in [1.165, 1.54) is 28.4 Å². The van der Waals surface area contributed by atoms with Crippen LogP contribution in [0.3, 0.4) is 0 Å². The Hall–Kier alpha value is -2.84. The quantitative estimate of drug-likeness (QED) is 0.493. The van der Waals surface area contributed by atoms with Crippen LogP contribution in [0.5, 0.6) is 0 Å². The van der Waals surface area contributed by atoms with Crippen LogP contribution in [0.2, 0.25) is 0 Å². The van der Waals surface area contributed by atoms with Crippen molar-refractivity contribution in [2.24, 2.45) is 4.99 Å². The number of hydrogen-bond donors (Lipinski definition) is 1. The van der Waals surface area contributed by atoms with Gasteiger partial charge in [-0.15, -0.1) is 11.3 Å². The summed E-state index contributed by atoms with van der Waals surface area (Å²) in [7, 11) is 0. The fraction of sp³-hybridized carbons (Fsp3) is 0.208. The Morgan fingerprint density at radius 1 is 1.16 bits per heavy atom. The minimum Gasteiger partial charge on any atom is -0.350 e. The summed E-state index contributed by atoms with van der Waals surface area (Å²) in [5.41, 5.74) is 4.85. The molecule has 2 amide bonds. The van der Waals surface area contributed by atoms with Gasteiger partial charge >= 0.3 is 0 Å². The first-order valence-corrected chi connectivity index (χ1v) is 11.7. The van der Waals surface area contributed by atoms with Crippen LogP contribution in [0.15, 0.2) is 57.3 Å².